The van der Waals surface area contributed by atoms with Crippen LogP contribution in [0.5, 0.6) is 0 Å². The zero-order valence-corrected chi connectivity index (χ0v) is 22.9. The quantitative estimate of drug-likeness (QED) is 0.282. The Balaban J connectivity index is 0.00000408. The Morgan fingerprint density at radius 2 is 1.82 bits per heavy atom. The van der Waals surface area contributed by atoms with Crippen molar-refractivity contribution in [2.75, 3.05) is 35.8 Å². The van der Waals surface area contributed by atoms with E-state index >= 15 is 0 Å². The number of carbonyl (C=O) groups excluding carboxylic acids is 1. The molecule has 0 saturated carbocycles. The molecule has 0 radical (unpaired) electrons. The molecule has 1 aliphatic heterocycles. The Morgan fingerprint density at radius 1 is 1.18 bits per heavy atom. The van der Waals surface area contributed by atoms with Gasteiger partial charge in [0.1, 0.15) is 5.69 Å². The SMILES string of the molecule is CCN(CC(O)CS(=O)(=O)[O-])c1ccc(N=C2C(=O)N(c3ccccc3)[N+](C)=C2C)c(C)c1.[Na+]. The molecule has 176 valence electrons. The van der Waals surface area contributed by atoms with E-state index in [1.807, 2.05) is 64.2 Å². The number of likely N-dealkylation sites (N-methyl/N-ethyl adjacent to an activating group) is 1. The van der Waals surface area contributed by atoms with E-state index in [0.717, 1.165) is 22.6 Å². The Kier molecular flexibility index (Phi) is 9.58. The number of benzene rings is 2. The monoisotopic (exact) mass is 495 g/mol. The third-order valence-electron chi connectivity index (χ3n) is 5.51. The van der Waals surface area contributed by atoms with Crippen LogP contribution in [0.25, 0.3) is 0 Å². The number of aliphatic hydroxyl groups is 1. The second kappa shape index (κ2) is 11.6. The second-order valence-corrected chi connectivity index (χ2v) is 9.36. The summed E-state index contributed by atoms with van der Waals surface area (Å²) in [7, 11) is -2.70. The molecule has 0 spiro atoms. The number of amides is 1. The predicted molar refractivity (Wildman–Crippen MR) is 128 cm³/mol. The molecular formula is C23H28N4NaO5S+. The summed E-state index contributed by atoms with van der Waals surface area (Å²) in [5, 5.41) is 11.5. The zero-order chi connectivity index (χ0) is 24.3. The molecule has 1 aliphatic rings. The molecule has 1 heterocycles. The number of anilines is 2. The van der Waals surface area contributed by atoms with Crippen LogP contribution in [-0.4, -0.2) is 72.1 Å². The van der Waals surface area contributed by atoms with Crippen LogP contribution in [0, 0.1) is 6.92 Å². The van der Waals surface area contributed by atoms with Gasteiger partial charge < -0.3 is 14.6 Å². The molecular weight excluding hydrogens is 467 g/mol. The molecule has 0 saturated heterocycles. The number of hydrazine groups is 1. The van der Waals surface area contributed by atoms with Crippen LogP contribution in [0.15, 0.2) is 53.5 Å². The van der Waals surface area contributed by atoms with Crippen molar-refractivity contribution >= 4 is 44.5 Å². The smallest absolute Gasteiger partial charge is 0.748 e. The first-order chi connectivity index (χ1) is 15.5. The molecule has 1 N–H and O–H groups in total. The van der Waals surface area contributed by atoms with Gasteiger partial charge in [0.15, 0.2) is 7.05 Å². The van der Waals surface area contributed by atoms with Gasteiger partial charge in [-0.1, -0.05) is 23.2 Å². The number of carbonyl (C=O) groups is 1. The van der Waals surface area contributed by atoms with E-state index in [-0.39, 0.29) is 42.0 Å². The number of rotatable bonds is 8. The first kappa shape index (κ1) is 28.2. The van der Waals surface area contributed by atoms with Crippen molar-refractivity contribution in [1.82, 2.24) is 0 Å². The minimum absolute atomic E-state index is 0. The Bertz CT molecular complexity index is 1220. The van der Waals surface area contributed by atoms with Gasteiger partial charge in [-0.3, -0.25) is 4.79 Å². The average molecular weight is 496 g/mol. The topological polar surface area (TPSA) is 116 Å². The molecule has 0 bridgehead atoms. The fraction of sp³-hybridized carbons (Fsp3) is 0.348. The number of hydrogen-bond acceptors (Lipinski definition) is 7. The van der Waals surface area contributed by atoms with Gasteiger partial charge in [-0.05, 0) is 49.7 Å². The van der Waals surface area contributed by atoms with Crippen molar-refractivity contribution in [3.63, 3.8) is 0 Å². The number of hydrogen-bond donors (Lipinski definition) is 1. The molecule has 0 aliphatic carbocycles. The molecule has 0 aromatic heterocycles. The van der Waals surface area contributed by atoms with Crippen LogP contribution in [0.2, 0.25) is 0 Å². The number of hydrazone groups is 1. The first-order valence-electron chi connectivity index (χ1n) is 10.5. The van der Waals surface area contributed by atoms with Gasteiger partial charge in [0.2, 0.25) is 11.4 Å². The third-order valence-corrected chi connectivity index (χ3v) is 6.30. The predicted octanol–water partition coefficient (Wildman–Crippen LogP) is -1.13. The van der Waals surface area contributed by atoms with E-state index in [0.29, 0.717) is 17.9 Å². The maximum atomic E-state index is 13.1. The van der Waals surface area contributed by atoms with Gasteiger partial charge in [0.25, 0.3) is 0 Å². The van der Waals surface area contributed by atoms with E-state index in [1.165, 1.54) is 0 Å². The number of aliphatic hydroxyl groups excluding tert-OH is 1. The molecule has 1 amide bonds. The van der Waals surface area contributed by atoms with Crippen molar-refractivity contribution in [3.8, 4) is 0 Å². The average Bonchev–Trinajstić information content (AvgIpc) is 2.95. The van der Waals surface area contributed by atoms with Crippen molar-refractivity contribution in [2.45, 2.75) is 26.9 Å². The largest absolute Gasteiger partial charge is 1.00 e. The summed E-state index contributed by atoms with van der Waals surface area (Å²) in [6, 6.07) is 14.8. The summed E-state index contributed by atoms with van der Waals surface area (Å²) in [6.45, 7) is 6.08. The molecule has 34 heavy (non-hydrogen) atoms. The molecule has 9 nitrogen and oxygen atoms in total. The van der Waals surface area contributed by atoms with Crippen LogP contribution < -0.4 is 39.5 Å². The van der Waals surface area contributed by atoms with Crippen molar-refractivity contribution in [1.29, 1.82) is 0 Å². The maximum Gasteiger partial charge on any atom is 1.00 e. The number of aryl methyl sites for hydroxylation is 1. The zero-order valence-electron chi connectivity index (χ0n) is 20.1. The van der Waals surface area contributed by atoms with Crippen LogP contribution in [0.4, 0.5) is 17.1 Å². The van der Waals surface area contributed by atoms with Crippen molar-refractivity contribution in [2.24, 2.45) is 4.99 Å². The van der Waals surface area contributed by atoms with Gasteiger partial charge in [-0.2, -0.15) is 0 Å². The summed E-state index contributed by atoms with van der Waals surface area (Å²) in [6.07, 6.45) is -1.29. The molecule has 1 unspecified atom stereocenters. The normalized spacial score (nSPS) is 16.1. The third kappa shape index (κ3) is 6.53. The fourth-order valence-electron chi connectivity index (χ4n) is 3.72. The molecule has 2 aromatic carbocycles. The Morgan fingerprint density at radius 3 is 2.38 bits per heavy atom. The summed E-state index contributed by atoms with van der Waals surface area (Å²) in [5.41, 5.74) is 4.01. The van der Waals surface area contributed by atoms with Crippen molar-refractivity contribution in [3.05, 3.63) is 54.1 Å². The van der Waals surface area contributed by atoms with Gasteiger partial charge in [0.05, 0.1) is 27.7 Å². The van der Waals surface area contributed by atoms with Crippen LogP contribution in [0.3, 0.4) is 0 Å². The van der Waals surface area contributed by atoms with Gasteiger partial charge in [-0.15, -0.1) is 4.68 Å². The Labute approximate surface area is 222 Å². The number of nitrogens with zero attached hydrogens (tertiary/aromatic N) is 4. The molecule has 2 aromatic rings. The van der Waals surface area contributed by atoms with Gasteiger partial charge in [-0.25, -0.2) is 13.4 Å². The number of para-hydroxylation sites is 1. The molecule has 0 fully saturated rings. The molecule has 11 heteroatoms. The van der Waals surface area contributed by atoms with Crippen LogP contribution in [0.1, 0.15) is 19.4 Å². The first-order valence-corrected chi connectivity index (χ1v) is 12.1. The summed E-state index contributed by atoms with van der Waals surface area (Å²) < 4.78 is 34.5. The van der Waals surface area contributed by atoms with Crippen molar-refractivity contribution < 1.29 is 57.1 Å². The Hall–Kier alpha value is -2.08. The van der Waals surface area contributed by atoms with E-state index in [4.69, 9.17) is 0 Å². The van der Waals surface area contributed by atoms with E-state index in [9.17, 15) is 22.9 Å². The van der Waals surface area contributed by atoms with E-state index in [1.54, 1.807) is 26.7 Å². The number of aliphatic imine (C=N–C) groups is 1. The van der Waals surface area contributed by atoms with Crippen LogP contribution >= 0.6 is 0 Å². The standard InChI is InChI=1S/C23H28N4O5S.Na/c1-5-26(14-20(28)15-33(30,31)32)19-11-12-21(16(2)13-19)24-22-17(3)25(4)27(23(22)29)18-9-7-6-8-10-18;/h6-13,20,28H,5,14-15H2,1-4H3;/q;+1. The summed E-state index contributed by atoms with van der Waals surface area (Å²) >= 11 is 0. The second-order valence-electron chi connectivity index (χ2n) is 7.91. The van der Waals surface area contributed by atoms with E-state index in [2.05, 4.69) is 4.99 Å². The minimum Gasteiger partial charge on any atom is -0.748 e. The summed E-state index contributed by atoms with van der Waals surface area (Å²) in [5.74, 6) is -1.06. The fourth-order valence-corrected chi connectivity index (χ4v) is 4.30. The van der Waals surface area contributed by atoms with Crippen LogP contribution in [-0.2, 0) is 14.9 Å². The van der Waals surface area contributed by atoms with Gasteiger partial charge >= 0.3 is 35.5 Å². The summed E-state index contributed by atoms with van der Waals surface area (Å²) in [4.78, 5) is 19.5. The molecule has 3 rings (SSSR count). The minimum atomic E-state index is -4.51. The van der Waals surface area contributed by atoms with E-state index < -0.39 is 22.0 Å². The molecule has 1 atom stereocenters. The maximum absolute atomic E-state index is 13.1. The van der Waals surface area contributed by atoms with Gasteiger partial charge in [0, 0.05) is 25.7 Å².